The zero-order chi connectivity index (χ0) is 13.8. The Kier molecular flexibility index (Phi) is 5.18. The van der Waals surface area contributed by atoms with E-state index in [-0.39, 0.29) is 6.61 Å². The van der Waals surface area contributed by atoms with Gasteiger partial charge < -0.3 is 5.11 Å². The van der Waals surface area contributed by atoms with Gasteiger partial charge in [0.05, 0.1) is 0 Å². The van der Waals surface area contributed by atoms with Gasteiger partial charge in [0.1, 0.15) is 16.5 Å². The molecule has 0 spiro atoms. The van der Waals surface area contributed by atoms with E-state index in [2.05, 4.69) is 4.72 Å². The second kappa shape index (κ2) is 6.21. The molecule has 0 heterocycles. The van der Waals surface area contributed by atoms with Crippen LogP contribution in [0.15, 0.2) is 23.1 Å². The standard InChI is InChI=1S/C11H15F2NO3S/c1-8(3-2-6-15)14-18(16,17)11-7-9(12)4-5-10(11)13/h4-5,7-8,14-15H,2-3,6H2,1H3. The van der Waals surface area contributed by atoms with Crippen LogP contribution in [0.4, 0.5) is 8.78 Å². The van der Waals surface area contributed by atoms with Gasteiger partial charge >= 0.3 is 0 Å². The molecule has 1 unspecified atom stereocenters. The Morgan fingerprint density at radius 1 is 1.39 bits per heavy atom. The van der Waals surface area contributed by atoms with Gasteiger partial charge in [-0.05, 0) is 38.0 Å². The molecule has 7 heteroatoms. The Labute approximate surface area is 105 Å². The number of halogens is 2. The molecule has 0 aromatic heterocycles. The number of hydrogen-bond donors (Lipinski definition) is 2. The SMILES string of the molecule is CC(CCCO)NS(=O)(=O)c1cc(F)ccc1F. The van der Waals surface area contributed by atoms with Gasteiger partial charge in [-0.3, -0.25) is 0 Å². The zero-order valence-electron chi connectivity index (χ0n) is 9.86. The van der Waals surface area contributed by atoms with Crippen LogP contribution in [0.3, 0.4) is 0 Å². The van der Waals surface area contributed by atoms with Gasteiger partial charge in [0.2, 0.25) is 10.0 Å². The third kappa shape index (κ3) is 4.01. The molecule has 0 saturated heterocycles. The molecule has 1 rings (SSSR count). The maximum atomic E-state index is 13.3. The molecule has 0 aliphatic rings. The van der Waals surface area contributed by atoms with E-state index in [0.717, 1.165) is 12.1 Å². The number of aliphatic hydroxyl groups excluding tert-OH is 1. The topological polar surface area (TPSA) is 66.4 Å². The Morgan fingerprint density at radius 3 is 2.67 bits per heavy atom. The predicted molar refractivity (Wildman–Crippen MR) is 62.5 cm³/mol. The molecule has 0 bridgehead atoms. The molecule has 4 nitrogen and oxygen atoms in total. The molecule has 0 aliphatic heterocycles. The minimum Gasteiger partial charge on any atom is -0.396 e. The average Bonchev–Trinajstić information content (AvgIpc) is 2.29. The summed E-state index contributed by atoms with van der Waals surface area (Å²) < 4.78 is 52.1. The maximum absolute atomic E-state index is 13.3. The molecule has 0 fully saturated rings. The Hall–Kier alpha value is -1.05. The summed E-state index contributed by atoms with van der Waals surface area (Å²) in [4.78, 5) is -0.710. The third-order valence-corrected chi connectivity index (χ3v) is 3.94. The van der Waals surface area contributed by atoms with Gasteiger partial charge in [-0.1, -0.05) is 0 Å². The molecular weight excluding hydrogens is 264 g/mol. The summed E-state index contributed by atoms with van der Waals surface area (Å²) in [6, 6.07) is 1.78. The summed E-state index contributed by atoms with van der Waals surface area (Å²) in [6.07, 6.45) is 0.835. The molecule has 1 atom stereocenters. The van der Waals surface area contributed by atoms with Crippen molar-refractivity contribution in [2.45, 2.75) is 30.7 Å². The van der Waals surface area contributed by atoms with E-state index in [1.807, 2.05) is 0 Å². The molecule has 0 saturated carbocycles. The van der Waals surface area contributed by atoms with Gasteiger partial charge in [-0.15, -0.1) is 0 Å². The van der Waals surface area contributed by atoms with E-state index in [9.17, 15) is 17.2 Å². The highest BCUT2D eigenvalue weighted by atomic mass is 32.2. The molecule has 0 amide bonds. The smallest absolute Gasteiger partial charge is 0.243 e. The number of nitrogens with one attached hydrogen (secondary N) is 1. The molecule has 1 aromatic carbocycles. The normalized spacial score (nSPS) is 13.6. The predicted octanol–water partition coefficient (Wildman–Crippen LogP) is 1.40. The molecule has 1 aromatic rings. The minimum atomic E-state index is -4.09. The van der Waals surface area contributed by atoms with Crippen LogP contribution in [0, 0.1) is 11.6 Å². The van der Waals surface area contributed by atoms with Crippen molar-refractivity contribution in [3.05, 3.63) is 29.8 Å². The molecule has 0 aliphatic carbocycles. The van der Waals surface area contributed by atoms with Gasteiger partial charge in [-0.2, -0.15) is 0 Å². The van der Waals surface area contributed by atoms with Crippen LogP contribution in [-0.2, 0) is 10.0 Å². The van der Waals surface area contributed by atoms with E-state index in [1.54, 1.807) is 6.92 Å². The Bertz CT molecular complexity index is 505. The first-order valence-electron chi connectivity index (χ1n) is 5.45. The summed E-state index contributed by atoms with van der Waals surface area (Å²) in [5.41, 5.74) is 0. The lowest BCUT2D eigenvalue weighted by atomic mass is 10.2. The van der Waals surface area contributed by atoms with Crippen LogP contribution in [0.1, 0.15) is 19.8 Å². The third-order valence-electron chi connectivity index (χ3n) is 2.33. The minimum absolute atomic E-state index is 0.0552. The highest BCUT2D eigenvalue weighted by Gasteiger charge is 2.21. The first-order valence-corrected chi connectivity index (χ1v) is 6.93. The maximum Gasteiger partial charge on any atom is 0.243 e. The summed E-state index contributed by atoms with van der Waals surface area (Å²) in [5, 5.41) is 8.62. The number of rotatable bonds is 6. The van der Waals surface area contributed by atoms with Crippen LogP contribution < -0.4 is 4.72 Å². The first kappa shape index (κ1) is 15.0. The summed E-state index contributed by atoms with van der Waals surface area (Å²) in [7, 11) is -4.09. The van der Waals surface area contributed by atoms with Crippen LogP contribution in [0.25, 0.3) is 0 Å². The van der Waals surface area contributed by atoms with Crippen molar-refractivity contribution < 1.29 is 22.3 Å². The summed E-state index contributed by atoms with van der Waals surface area (Å²) in [5.74, 6) is -1.82. The Morgan fingerprint density at radius 2 is 2.06 bits per heavy atom. The lowest BCUT2D eigenvalue weighted by molar-refractivity contribution is 0.279. The lowest BCUT2D eigenvalue weighted by Crippen LogP contribution is -2.33. The fraction of sp³-hybridized carbons (Fsp3) is 0.455. The van der Waals surface area contributed by atoms with Crippen molar-refractivity contribution in [1.29, 1.82) is 0 Å². The number of sulfonamides is 1. The van der Waals surface area contributed by atoms with Crippen molar-refractivity contribution in [1.82, 2.24) is 4.72 Å². The van der Waals surface area contributed by atoms with Crippen molar-refractivity contribution in [3.8, 4) is 0 Å². The second-order valence-corrected chi connectivity index (χ2v) is 5.65. The van der Waals surface area contributed by atoms with E-state index < -0.39 is 32.6 Å². The quantitative estimate of drug-likeness (QED) is 0.827. The number of aliphatic hydroxyl groups is 1. The van der Waals surface area contributed by atoms with Crippen LogP contribution in [0.5, 0.6) is 0 Å². The van der Waals surface area contributed by atoms with Crippen LogP contribution in [-0.4, -0.2) is 26.2 Å². The molecule has 0 radical (unpaired) electrons. The second-order valence-electron chi connectivity index (χ2n) is 3.96. The lowest BCUT2D eigenvalue weighted by Gasteiger charge is -2.14. The van der Waals surface area contributed by atoms with Crippen molar-refractivity contribution in [2.24, 2.45) is 0 Å². The zero-order valence-corrected chi connectivity index (χ0v) is 10.7. The fourth-order valence-electron chi connectivity index (χ4n) is 1.47. The van der Waals surface area contributed by atoms with Crippen LogP contribution >= 0.6 is 0 Å². The van der Waals surface area contributed by atoms with Gasteiger partial charge in [-0.25, -0.2) is 21.9 Å². The molecular formula is C11H15F2NO3S. The van der Waals surface area contributed by atoms with E-state index >= 15 is 0 Å². The monoisotopic (exact) mass is 279 g/mol. The highest BCUT2D eigenvalue weighted by molar-refractivity contribution is 7.89. The van der Waals surface area contributed by atoms with E-state index in [1.165, 1.54) is 0 Å². The molecule has 102 valence electrons. The largest absolute Gasteiger partial charge is 0.396 e. The fourth-order valence-corrected chi connectivity index (χ4v) is 2.83. The van der Waals surface area contributed by atoms with Crippen molar-refractivity contribution in [2.75, 3.05) is 6.61 Å². The van der Waals surface area contributed by atoms with Crippen molar-refractivity contribution in [3.63, 3.8) is 0 Å². The van der Waals surface area contributed by atoms with Gasteiger partial charge in [0.15, 0.2) is 0 Å². The molecule has 2 N–H and O–H groups in total. The van der Waals surface area contributed by atoms with E-state index in [0.29, 0.717) is 18.9 Å². The van der Waals surface area contributed by atoms with Gasteiger partial charge in [0.25, 0.3) is 0 Å². The summed E-state index contributed by atoms with van der Waals surface area (Å²) >= 11 is 0. The van der Waals surface area contributed by atoms with E-state index in [4.69, 9.17) is 5.11 Å². The van der Waals surface area contributed by atoms with Crippen LogP contribution in [0.2, 0.25) is 0 Å². The van der Waals surface area contributed by atoms with Gasteiger partial charge in [0, 0.05) is 12.6 Å². The Balaban J connectivity index is 2.89. The average molecular weight is 279 g/mol. The first-order chi connectivity index (χ1) is 8.36. The summed E-state index contributed by atoms with van der Waals surface area (Å²) in [6.45, 7) is 1.53. The number of hydrogen-bond acceptors (Lipinski definition) is 3. The number of benzene rings is 1. The van der Waals surface area contributed by atoms with Crippen molar-refractivity contribution >= 4 is 10.0 Å². The highest BCUT2D eigenvalue weighted by Crippen LogP contribution is 2.16. The molecule has 18 heavy (non-hydrogen) atoms.